The highest BCUT2D eigenvalue weighted by Gasteiger charge is 2.37. The largest absolute Gasteiger partial charge is 0.299 e. The Balaban J connectivity index is 2.82. The molecule has 0 bridgehead atoms. The highest BCUT2D eigenvalue weighted by molar-refractivity contribution is 7.13. The summed E-state index contributed by atoms with van der Waals surface area (Å²) >= 11 is 1.25. The van der Waals surface area contributed by atoms with Crippen molar-refractivity contribution in [3.63, 3.8) is 0 Å². The van der Waals surface area contributed by atoms with Gasteiger partial charge in [0.2, 0.25) is 11.0 Å². The van der Waals surface area contributed by atoms with Crippen molar-refractivity contribution in [1.82, 2.24) is 10.2 Å². The topological polar surface area (TPSA) is 78.7 Å². The summed E-state index contributed by atoms with van der Waals surface area (Å²) in [7, 11) is 0. The molecule has 0 saturated carbocycles. The van der Waals surface area contributed by atoms with E-state index in [1.54, 1.807) is 5.51 Å². The second-order valence-corrected chi connectivity index (χ2v) is 4.73. The summed E-state index contributed by atoms with van der Waals surface area (Å²) in [5.41, 5.74) is 0.610. The molecule has 0 unspecified atom stereocenters. The molecule has 1 heterocycles. The zero-order valence-electron chi connectivity index (χ0n) is 10.1. The van der Waals surface area contributed by atoms with Crippen LogP contribution in [-0.4, -0.2) is 16.1 Å². The molecule has 1 aromatic rings. The van der Waals surface area contributed by atoms with Gasteiger partial charge < -0.3 is 0 Å². The summed E-state index contributed by atoms with van der Waals surface area (Å²) in [4.78, 5) is 12.1. The monoisotopic (exact) mass is 252 g/mol. The van der Waals surface area contributed by atoms with E-state index in [1.165, 1.54) is 11.3 Å². The lowest BCUT2D eigenvalue weighted by molar-refractivity contribution is -0.123. The number of aromatic nitrogens is 2. The van der Waals surface area contributed by atoms with Gasteiger partial charge in [-0.25, -0.2) is 0 Å². The molecule has 0 aliphatic carbocycles. The predicted molar refractivity (Wildman–Crippen MR) is 66.4 cm³/mol. The molecule has 0 aliphatic heterocycles. The van der Waals surface area contributed by atoms with Crippen molar-refractivity contribution >= 4 is 22.4 Å². The van der Waals surface area contributed by atoms with Gasteiger partial charge in [0.05, 0.1) is 6.07 Å². The molecule has 1 amide bonds. The van der Waals surface area contributed by atoms with Crippen LogP contribution in [0.15, 0.2) is 5.51 Å². The fourth-order valence-corrected chi connectivity index (χ4v) is 2.25. The second kappa shape index (κ2) is 6.30. The van der Waals surface area contributed by atoms with E-state index in [0.29, 0.717) is 18.0 Å². The number of hydrogen-bond acceptors (Lipinski definition) is 5. The molecular formula is C11H16N4OS. The first-order valence-corrected chi connectivity index (χ1v) is 6.55. The van der Waals surface area contributed by atoms with Crippen LogP contribution in [0.3, 0.4) is 0 Å². The van der Waals surface area contributed by atoms with Crippen molar-refractivity contribution in [3.8, 4) is 6.07 Å². The van der Waals surface area contributed by atoms with Crippen LogP contribution in [0.25, 0.3) is 0 Å². The van der Waals surface area contributed by atoms with Crippen LogP contribution in [0.1, 0.15) is 39.5 Å². The number of nitriles is 1. The molecule has 0 radical (unpaired) electrons. The van der Waals surface area contributed by atoms with Crippen molar-refractivity contribution in [2.75, 3.05) is 5.32 Å². The summed E-state index contributed by atoms with van der Waals surface area (Å²) in [6.45, 7) is 3.94. The summed E-state index contributed by atoms with van der Waals surface area (Å²) < 4.78 is 0. The average molecular weight is 252 g/mol. The Hall–Kier alpha value is -1.48. The summed E-state index contributed by atoms with van der Waals surface area (Å²) in [6.07, 6.45) is 2.75. The Morgan fingerprint density at radius 3 is 2.59 bits per heavy atom. The first kappa shape index (κ1) is 13.6. The van der Waals surface area contributed by atoms with Gasteiger partial charge in [0.1, 0.15) is 10.9 Å². The standard InChI is InChI=1S/C11H16N4OS/c1-3-5-11(7-12,6-4-2)9(16)14-10-15-13-8-17-10/h8H,3-6H2,1-2H3,(H,14,15,16). The van der Waals surface area contributed by atoms with Crippen molar-refractivity contribution in [2.45, 2.75) is 39.5 Å². The summed E-state index contributed by atoms with van der Waals surface area (Å²) in [5.74, 6) is -0.263. The second-order valence-electron chi connectivity index (χ2n) is 3.89. The molecule has 1 aromatic heterocycles. The van der Waals surface area contributed by atoms with Crippen molar-refractivity contribution in [1.29, 1.82) is 5.26 Å². The van der Waals surface area contributed by atoms with Crippen LogP contribution >= 0.6 is 11.3 Å². The number of carbonyl (C=O) groups excluding carboxylic acids is 1. The van der Waals surface area contributed by atoms with Gasteiger partial charge in [0, 0.05) is 0 Å². The molecule has 92 valence electrons. The molecule has 1 rings (SSSR count). The van der Waals surface area contributed by atoms with E-state index < -0.39 is 5.41 Å². The quantitative estimate of drug-likeness (QED) is 0.844. The zero-order valence-corrected chi connectivity index (χ0v) is 10.9. The predicted octanol–water partition coefficient (Wildman–Crippen LogP) is 2.59. The van der Waals surface area contributed by atoms with Gasteiger partial charge in [-0.15, -0.1) is 10.2 Å². The Morgan fingerprint density at radius 2 is 2.18 bits per heavy atom. The van der Waals surface area contributed by atoms with E-state index in [4.69, 9.17) is 0 Å². The minimum Gasteiger partial charge on any atom is -0.299 e. The minimum atomic E-state index is -0.935. The smallest absolute Gasteiger partial charge is 0.246 e. The molecule has 6 heteroatoms. The number of rotatable bonds is 6. The number of nitrogens with zero attached hydrogens (tertiary/aromatic N) is 3. The van der Waals surface area contributed by atoms with Gasteiger partial charge in [-0.1, -0.05) is 38.0 Å². The molecule has 0 spiro atoms. The highest BCUT2D eigenvalue weighted by atomic mass is 32.1. The normalized spacial score (nSPS) is 10.9. The van der Waals surface area contributed by atoms with Gasteiger partial charge in [-0.05, 0) is 12.8 Å². The number of hydrogen-bond donors (Lipinski definition) is 1. The molecule has 17 heavy (non-hydrogen) atoms. The Kier molecular flexibility index (Phi) is 5.04. The van der Waals surface area contributed by atoms with Crippen molar-refractivity contribution < 1.29 is 4.79 Å². The Bertz CT molecular complexity index is 390. The maximum Gasteiger partial charge on any atom is 0.246 e. The van der Waals surface area contributed by atoms with Crippen molar-refractivity contribution in [3.05, 3.63) is 5.51 Å². The first-order chi connectivity index (χ1) is 8.18. The molecule has 0 saturated heterocycles. The lowest BCUT2D eigenvalue weighted by Crippen LogP contribution is -2.35. The van der Waals surface area contributed by atoms with Crippen LogP contribution in [0.5, 0.6) is 0 Å². The van der Waals surface area contributed by atoms with Crippen LogP contribution in [0, 0.1) is 16.7 Å². The van der Waals surface area contributed by atoms with Crippen LogP contribution in [-0.2, 0) is 4.79 Å². The molecule has 0 atom stereocenters. The van der Waals surface area contributed by atoms with Gasteiger partial charge in [-0.2, -0.15) is 5.26 Å². The lowest BCUT2D eigenvalue weighted by Gasteiger charge is -2.23. The Labute approximate surface area is 105 Å². The fourth-order valence-electron chi connectivity index (χ4n) is 1.81. The zero-order chi connectivity index (χ0) is 12.7. The van der Waals surface area contributed by atoms with E-state index >= 15 is 0 Å². The van der Waals surface area contributed by atoms with Crippen LogP contribution in [0.4, 0.5) is 5.13 Å². The third kappa shape index (κ3) is 3.24. The molecule has 0 aromatic carbocycles. The maximum absolute atomic E-state index is 12.1. The van der Waals surface area contributed by atoms with Crippen LogP contribution in [0.2, 0.25) is 0 Å². The number of amides is 1. The number of anilines is 1. The molecular weight excluding hydrogens is 236 g/mol. The molecule has 5 nitrogen and oxygen atoms in total. The van der Waals surface area contributed by atoms with E-state index in [-0.39, 0.29) is 5.91 Å². The average Bonchev–Trinajstić information content (AvgIpc) is 2.81. The number of carbonyl (C=O) groups is 1. The number of nitrogens with one attached hydrogen (secondary N) is 1. The molecule has 0 fully saturated rings. The van der Waals surface area contributed by atoms with E-state index in [0.717, 1.165) is 12.8 Å². The lowest BCUT2D eigenvalue weighted by atomic mass is 9.80. The Morgan fingerprint density at radius 1 is 1.53 bits per heavy atom. The fraction of sp³-hybridized carbons (Fsp3) is 0.636. The SMILES string of the molecule is CCCC(C#N)(CCC)C(=O)Nc1nncs1. The highest BCUT2D eigenvalue weighted by Crippen LogP contribution is 2.30. The third-order valence-electron chi connectivity index (χ3n) is 2.58. The van der Waals surface area contributed by atoms with Gasteiger partial charge in [0.25, 0.3) is 0 Å². The van der Waals surface area contributed by atoms with E-state index in [2.05, 4.69) is 21.6 Å². The first-order valence-electron chi connectivity index (χ1n) is 5.67. The van der Waals surface area contributed by atoms with Gasteiger partial charge in [0.15, 0.2) is 0 Å². The molecule has 1 N–H and O–H groups in total. The van der Waals surface area contributed by atoms with E-state index in [9.17, 15) is 10.1 Å². The van der Waals surface area contributed by atoms with E-state index in [1.807, 2.05) is 13.8 Å². The third-order valence-corrected chi connectivity index (χ3v) is 3.19. The van der Waals surface area contributed by atoms with Gasteiger partial charge >= 0.3 is 0 Å². The van der Waals surface area contributed by atoms with Gasteiger partial charge in [-0.3, -0.25) is 10.1 Å². The van der Waals surface area contributed by atoms with Crippen LogP contribution < -0.4 is 5.32 Å². The minimum absolute atomic E-state index is 0.263. The molecule has 0 aliphatic rings. The van der Waals surface area contributed by atoms with Crippen molar-refractivity contribution in [2.24, 2.45) is 5.41 Å². The summed E-state index contributed by atoms with van der Waals surface area (Å²) in [5, 5.41) is 19.8. The summed E-state index contributed by atoms with van der Waals surface area (Å²) in [6, 6.07) is 2.17. The maximum atomic E-state index is 12.1.